The lowest BCUT2D eigenvalue weighted by Gasteiger charge is -2.21. The molecule has 4 heteroatoms. The monoisotopic (exact) mass is 259 g/mol. The van der Waals surface area contributed by atoms with Crippen molar-refractivity contribution in [3.63, 3.8) is 0 Å². The van der Waals surface area contributed by atoms with Gasteiger partial charge in [-0.1, -0.05) is 39.0 Å². The molecule has 0 fully saturated rings. The maximum absolute atomic E-state index is 11.5. The van der Waals surface area contributed by atoms with Gasteiger partial charge in [0, 0.05) is 6.61 Å². The first-order valence-electron chi connectivity index (χ1n) is 7.08. The standard InChI is InChI=1S/C14H29NO3/c1-4-6-7-8-9-10-11-17-12-14(3,15)13(16)18-5-2/h4-12,15H2,1-3H3. The van der Waals surface area contributed by atoms with Crippen LogP contribution in [0.1, 0.15) is 59.3 Å². The third-order valence-corrected chi connectivity index (χ3v) is 2.79. The molecule has 0 aliphatic carbocycles. The zero-order valence-electron chi connectivity index (χ0n) is 12.2. The van der Waals surface area contributed by atoms with Gasteiger partial charge in [0.25, 0.3) is 0 Å². The highest BCUT2D eigenvalue weighted by atomic mass is 16.5. The van der Waals surface area contributed by atoms with Crippen LogP contribution in [0.4, 0.5) is 0 Å². The Hall–Kier alpha value is -0.610. The second kappa shape index (κ2) is 10.3. The predicted molar refractivity (Wildman–Crippen MR) is 73.4 cm³/mol. The summed E-state index contributed by atoms with van der Waals surface area (Å²) in [6.45, 7) is 6.86. The van der Waals surface area contributed by atoms with Crippen LogP contribution in [-0.2, 0) is 14.3 Å². The van der Waals surface area contributed by atoms with Crippen molar-refractivity contribution in [2.75, 3.05) is 19.8 Å². The van der Waals surface area contributed by atoms with Gasteiger partial charge in [0.05, 0.1) is 13.2 Å². The maximum Gasteiger partial charge on any atom is 0.328 e. The molecule has 18 heavy (non-hydrogen) atoms. The molecule has 0 saturated heterocycles. The van der Waals surface area contributed by atoms with Crippen molar-refractivity contribution in [2.45, 2.75) is 64.8 Å². The van der Waals surface area contributed by atoms with Crippen molar-refractivity contribution in [3.8, 4) is 0 Å². The number of carbonyl (C=O) groups excluding carboxylic acids is 1. The largest absolute Gasteiger partial charge is 0.465 e. The van der Waals surface area contributed by atoms with Crippen LogP contribution >= 0.6 is 0 Å². The molecule has 0 aromatic carbocycles. The van der Waals surface area contributed by atoms with Gasteiger partial charge in [-0.3, -0.25) is 0 Å². The number of ether oxygens (including phenoxy) is 2. The Morgan fingerprint density at radius 1 is 1.11 bits per heavy atom. The van der Waals surface area contributed by atoms with Crippen LogP contribution in [0, 0.1) is 0 Å². The molecule has 0 heterocycles. The van der Waals surface area contributed by atoms with Crippen LogP contribution < -0.4 is 5.73 Å². The van der Waals surface area contributed by atoms with Gasteiger partial charge in [-0.15, -0.1) is 0 Å². The molecule has 0 rings (SSSR count). The molecule has 1 unspecified atom stereocenters. The summed E-state index contributed by atoms with van der Waals surface area (Å²) in [6, 6.07) is 0. The van der Waals surface area contributed by atoms with E-state index in [-0.39, 0.29) is 6.61 Å². The molecule has 0 amide bonds. The lowest BCUT2D eigenvalue weighted by atomic mass is 10.1. The molecular weight excluding hydrogens is 230 g/mol. The second-order valence-corrected chi connectivity index (χ2v) is 4.96. The molecule has 0 aromatic rings. The fraction of sp³-hybridized carbons (Fsp3) is 0.929. The topological polar surface area (TPSA) is 61.5 Å². The summed E-state index contributed by atoms with van der Waals surface area (Å²) in [7, 11) is 0. The van der Waals surface area contributed by atoms with Gasteiger partial charge in [-0.05, 0) is 20.3 Å². The number of esters is 1. The third kappa shape index (κ3) is 8.48. The van der Waals surface area contributed by atoms with E-state index < -0.39 is 11.5 Å². The van der Waals surface area contributed by atoms with Crippen LogP contribution in [0.2, 0.25) is 0 Å². The van der Waals surface area contributed by atoms with Gasteiger partial charge in [-0.2, -0.15) is 0 Å². The zero-order chi connectivity index (χ0) is 13.9. The molecule has 0 aliphatic rings. The number of rotatable bonds is 11. The predicted octanol–water partition coefficient (Wildman–Crippen LogP) is 2.64. The second-order valence-electron chi connectivity index (χ2n) is 4.96. The number of nitrogens with two attached hydrogens (primary N) is 1. The van der Waals surface area contributed by atoms with Gasteiger partial charge < -0.3 is 15.2 Å². The van der Waals surface area contributed by atoms with Crippen LogP contribution in [-0.4, -0.2) is 31.3 Å². The molecule has 2 N–H and O–H groups in total. The molecule has 0 aromatic heterocycles. The first kappa shape index (κ1) is 17.4. The Bertz CT molecular complexity index is 217. The van der Waals surface area contributed by atoms with Gasteiger partial charge in [0.1, 0.15) is 5.54 Å². The first-order chi connectivity index (χ1) is 8.54. The van der Waals surface area contributed by atoms with E-state index in [0.29, 0.717) is 13.2 Å². The number of hydrogen-bond acceptors (Lipinski definition) is 4. The number of carbonyl (C=O) groups is 1. The van der Waals surface area contributed by atoms with E-state index in [1.54, 1.807) is 13.8 Å². The van der Waals surface area contributed by atoms with Crippen molar-refractivity contribution in [3.05, 3.63) is 0 Å². The van der Waals surface area contributed by atoms with Crippen molar-refractivity contribution in [2.24, 2.45) is 5.73 Å². The van der Waals surface area contributed by atoms with E-state index in [1.165, 1.54) is 32.1 Å². The molecule has 0 saturated carbocycles. The molecule has 0 aliphatic heterocycles. The minimum Gasteiger partial charge on any atom is -0.465 e. The lowest BCUT2D eigenvalue weighted by Crippen LogP contribution is -2.50. The van der Waals surface area contributed by atoms with Crippen LogP contribution in [0.5, 0.6) is 0 Å². The SMILES string of the molecule is CCCCCCCCOCC(C)(N)C(=O)OCC. The summed E-state index contributed by atoms with van der Waals surface area (Å²) in [5.74, 6) is -0.395. The van der Waals surface area contributed by atoms with E-state index in [4.69, 9.17) is 15.2 Å². The van der Waals surface area contributed by atoms with Crippen LogP contribution in [0.15, 0.2) is 0 Å². The highest BCUT2D eigenvalue weighted by Gasteiger charge is 2.30. The van der Waals surface area contributed by atoms with E-state index in [9.17, 15) is 4.79 Å². The Morgan fingerprint density at radius 3 is 2.33 bits per heavy atom. The Labute approximate surface area is 111 Å². The third-order valence-electron chi connectivity index (χ3n) is 2.79. The Morgan fingerprint density at radius 2 is 1.72 bits per heavy atom. The summed E-state index contributed by atoms with van der Waals surface area (Å²) in [4.78, 5) is 11.5. The van der Waals surface area contributed by atoms with Crippen molar-refractivity contribution in [1.82, 2.24) is 0 Å². The quantitative estimate of drug-likeness (QED) is 0.458. The molecule has 108 valence electrons. The van der Waals surface area contributed by atoms with Crippen molar-refractivity contribution < 1.29 is 14.3 Å². The first-order valence-corrected chi connectivity index (χ1v) is 7.08. The molecule has 4 nitrogen and oxygen atoms in total. The van der Waals surface area contributed by atoms with E-state index in [1.807, 2.05) is 0 Å². The van der Waals surface area contributed by atoms with Gasteiger partial charge in [-0.25, -0.2) is 4.79 Å². The summed E-state index contributed by atoms with van der Waals surface area (Å²) >= 11 is 0. The maximum atomic E-state index is 11.5. The molecule has 0 bridgehead atoms. The van der Waals surface area contributed by atoms with Gasteiger partial charge in [0.2, 0.25) is 0 Å². The van der Waals surface area contributed by atoms with E-state index in [0.717, 1.165) is 6.42 Å². The Balaban J connectivity index is 3.49. The van der Waals surface area contributed by atoms with Crippen LogP contribution in [0.3, 0.4) is 0 Å². The smallest absolute Gasteiger partial charge is 0.328 e. The highest BCUT2D eigenvalue weighted by Crippen LogP contribution is 2.07. The van der Waals surface area contributed by atoms with Gasteiger partial charge >= 0.3 is 5.97 Å². The van der Waals surface area contributed by atoms with Gasteiger partial charge in [0.15, 0.2) is 0 Å². The molecule has 1 atom stereocenters. The summed E-state index contributed by atoms with van der Waals surface area (Å²) < 4.78 is 10.3. The lowest BCUT2D eigenvalue weighted by molar-refractivity contribution is -0.151. The van der Waals surface area contributed by atoms with Crippen molar-refractivity contribution >= 4 is 5.97 Å². The zero-order valence-corrected chi connectivity index (χ0v) is 12.2. The number of hydrogen-bond donors (Lipinski definition) is 1. The molecule has 0 radical (unpaired) electrons. The van der Waals surface area contributed by atoms with Crippen LogP contribution in [0.25, 0.3) is 0 Å². The fourth-order valence-electron chi connectivity index (χ4n) is 1.62. The van der Waals surface area contributed by atoms with E-state index in [2.05, 4.69) is 6.92 Å². The fourth-order valence-corrected chi connectivity index (χ4v) is 1.62. The average Bonchev–Trinajstić information content (AvgIpc) is 2.33. The van der Waals surface area contributed by atoms with Crippen molar-refractivity contribution in [1.29, 1.82) is 0 Å². The summed E-state index contributed by atoms with van der Waals surface area (Å²) in [6.07, 6.45) is 7.35. The molecular formula is C14H29NO3. The number of unbranched alkanes of at least 4 members (excludes halogenated alkanes) is 5. The summed E-state index contributed by atoms with van der Waals surface area (Å²) in [5, 5.41) is 0. The van der Waals surface area contributed by atoms with E-state index >= 15 is 0 Å². The molecule has 0 spiro atoms. The normalized spacial score (nSPS) is 14.2. The average molecular weight is 259 g/mol. The minimum absolute atomic E-state index is 0.223. The highest BCUT2D eigenvalue weighted by molar-refractivity contribution is 5.80. The summed E-state index contributed by atoms with van der Waals surface area (Å²) in [5.41, 5.74) is 4.80. The minimum atomic E-state index is -1.03. The Kier molecular flexibility index (Phi) is 9.98.